The van der Waals surface area contributed by atoms with Gasteiger partial charge in [-0.25, -0.2) is 4.98 Å². The summed E-state index contributed by atoms with van der Waals surface area (Å²) in [6.07, 6.45) is 1.53. The van der Waals surface area contributed by atoms with Crippen LogP contribution in [0.4, 0.5) is 0 Å². The molecule has 0 amide bonds. The Balaban J connectivity index is 2.28. The molecule has 1 heterocycles. The van der Waals surface area contributed by atoms with Crippen molar-refractivity contribution in [1.82, 2.24) is 20.5 Å². The van der Waals surface area contributed by atoms with Crippen molar-refractivity contribution in [2.45, 2.75) is 32.2 Å². The van der Waals surface area contributed by atoms with Crippen molar-refractivity contribution in [3.05, 3.63) is 47.5 Å². The van der Waals surface area contributed by atoms with Crippen LogP contribution in [0.1, 0.15) is 43.8 Å². The second-order valence-corrected chi connectivity index (χ2v) is 5.46. The van der Waals surface area contributed by atoms with Gasteiger partial charge in [-0.1, -0.05) is 45.0 Å². The summed E-state index contributed by atoms with van der Waals surface area (Å²) in [5.41, 5.74) is 2.70. The normalized spacial score (nSPS) is 13.6. The van der Waals surface area contributed by atoms with Crippen molar-refractivity contribution in [3.63, 3.8) is 0 Å². The van der Waals surface area contributed by atoms with Gasteiger partial charge in [-0.15, -0.1) is 0 Å². The summed E-state index contributed by atoms with van der Waals surface area (Å²) in [5.74, 6) is 0.834. The van der Waals surface area contributed by atoms with Crippen molar-refractivity contribution in [2.24, 2.45) is 0 Å². The van der Waals surface area contributed by atoms with Gasteiger partial charge >= 0.3 is 0 Å². The van der Waals surface area contributed by atoms with Crippen LogP contribution in [0.2, 0.25) is 0 Å². The molecule has 0 bridgehead atoms. The molecule has 2 aromatic rings. The highest BCUT2D eigenvalue weighted by Gasteiger charge is 2.17. The van der Waals surface area contributed by atoms with E-state index in [1.165, 1.54) is 17.5 Å². The summed E-state index contributed by atoms with van der Waals surface area (Å²) in [6, 6.07) is 8.70. The fraction of sp³-hybridized carbons (Fsp3) is 0.429. The molecule has 0 saturated heterocycles. The van der Waals surface area contributed by atoms with E-state index in [1.54, 1.807) is 0 Å². The standard InChI is InChI=1S/C14H20N4/c1-14(2,3)11-7-5-10(6-8-11)12(15-4)13-16-9-17-18-13/h5-9,12,15H,1-4H3,(H,16,17,18). The lowest BCUT2D eigenvalue weighted by molar-refractivity contribution is 0.588. The molecular weight excluding hydrogens is 224 g/mol. The Bertz CT molecular complexity index is 480. The van der Waals surface area contributed by atoms with E-state index >= 15 is 0 Å². The topological polar surface area (TPSA) is 53.6 Å². The predicted octanol–water partition coefficient (Wildman–Crippen LogP) is 2.41. The monoisotopic (exact) mass is 244 g/mol. The zero-order valence-electron chi connectivity index (χ0n) is 11.4. The molecular formula is C14H20N4. The molecule has 2 N–H and O–H groups in total. The summed E-state index contributed by atoms with van der Waals surface area (Å²) in [6.45, 7) is 6.65. The Labute approximate surface area is 108 Å². The van der Waals surface area contributed by atoms with Gasteiger partial charge in [0, 0.05) is 0 Å². The Morgan fingerprint density at radius 2 is 1.83 bits per heavy atom. The molecule has 0 radical (unpaired) electrons. The first-order valence-electron chi connectivity index (χ1n) is 6.15. The van der Waals surface area contributed by atoms with Gasteiger partial charge in [-0.2, -0.15) is 5.10 Å². The van der Waals surface area contributed by atoms with E-state index in [-0.39, 0.29) is 11.5 Å². The third kappa shape index (κ3) is 2.59. The van der Waals surface area contributed by atoms with E-state index in [4.69, 9.17) is 0 Å². The first-order valence-corrected chi connectivity index (χ1v) is 6.15. The fourth-order valence-electron chi connectivity index (χ4n) is 1.99. The van der Waals surface area contributed by atoms with E-state index in [0.29, 0.717) is 0 Å². The molecule has 0 aliphatic carbocycles. The van der Waals surface area contributed by atoms with Gasteiger partial charge in [-0.3, -0.25) is 5.10 Å². The highest BCUT2D eigenvalue weighted by atomic mass is 15.2. The largest absolute Gasteiger partial charge is 0.307 e. The third-order valence-electron chi connectivity index (χ3n) is 3.11. The minimum absolute atomic E-state index is 0.0570. The SMILES string of the molecule is CNC(c1ccc(C(C)(C)C)cc1)c1ncn[nH]1. The van der Waals surface area contributed by atoms with Crippen molar-refractivity contribution in [3.8, 4) is 0 Å². The van der Waals surface area contributed by atoms with E-state index in [0.717, 1.165) is 5.82 Å². The molecule has 0 aliphatic rings. The molecule has 1 aromatic heterocycles. The molecule has 18 heavy (non-hydrogen) atoms. The molecule has 0 aliphatic heterocycles. The van der Waals surface area contributed by atoms with Crippen LogP contribution in [0, 0.1) is 0 Å². The van der Waals surface area contributed by atoms with Crippen LogP contribution in [-0.4, -0.2) is 22.2 Å². The lowest BCUT2D eigenvalue weighted by Gasteiger charge is -2.20. The van der Waals surface area contributed by atoms with Crippen LogP contribution >= 0.6 is 0 Å². The molecule has 4 nitrogen and oxygen atoms in total. The van der Waals surface area contributed by atoms with Gasteiger partial charge in [0.15, 0.2) is 0 Å². The Hall–Kier alpha value is -1.68. The summed E-state index contributed by atoms with van der Waals surface area (Å²) >= 11 is 0. The molecule has 0 saturated carbocycles. The van der Waals surface area contributed by atoms with Crippen LogP contribution < -0.4 is 5.32 Å². The van der Waals surface area contributed by atoms with Crippen molar-refractivity contribution >= 4 is 0 Å². The summed E-state index contributed by atoms with van der Waals surface area (Å²) in [7, 11) is 1.92. The molecule has 0 fully saturated rings. The number of aromatic nitrogens is 3. The number of rotatable bonds is 3. The number of benzene rings is 1. The highest BCUT2D eigenvalue weighted by molar-refractivity contribution is 5.31. The van der Waals surface area contributed by atoms with Crippen molar-refractivity contribution in [2.75, 3.05) is 7.05 Å². The Kier molecular flexibility index (Phi) is 3.48. The van der Waals surface area contributed by atoms with Gasteiger partial charge in [0.1, 0.15) is 12.2 Å². The number of H-pyrrole nitrogens is 1. The van der Waals surface area contributed by atoms with Crippen LogP contribution in [0.15, 0.2) is 30.6 Å². The number of aromatic amines is 1. The Morgan fingerprint density at radius 1 is 1.17 bits per heavy atom. The van der Waals surface area contributed by atoms with E-state index in [2.05, 4.69) is 65.5 Å². The second kappa shape index (κ2) is 4.90. The van der Waals surface area contributed by atoms with Crippen LogP contribution in [-0.2, 0) is 5.41 Å². The van der Waals surface area contributed by atoms with E-state index in [9.17, 15) is 0 Å². The zero-order chi connectivity index (χ0) is 13.2. The average molecular weight is 244 g/mol. The molecule has 0 spiro atoms. The highest BCUT2D eigenvalue weighted by Crippen LogP contribution is 2.25. The van der Waals surface area contributed by atoms with E-state index in [1.807, 2.05) is 7.05 Å². The lowest BCUT2D eigenvalue weighted by Crippen LogP contribution is -2.19. The molecule has 1 aromatic carbocycles. The number of nitrogens with zero attached hydrogens (tertiary/aromatic N) is 2. The summed E-state index contributed by atoms with van der Waals surface area (Å²) in [4.78, 5) is 4.21. The van der Waals surface area contributed by atoms with Crippen LogP contribution in [0.3, 0.4) is 0 Å². The minimum Gasteiger partial charge on any atom is -0.307 e. The summed E-state index contributed by atoms with van der Waals surface area (Å²) < 4.78 is 0. The van der Waals surface area contributed by atoms with E-state index < -0.39 is 0 Å². The minimum atomic E-state index is 0.0570. The molecule has 2 rings (SSSR count). The van der Waals surface area contributed by atoms with Crippen molar-refractivity contribution < 1.29 is 0 Å². The van der Waals surface area contributed by atoms with Crippen LogP contribution in [0.25, 0.3) is 0 Å². The van der Waals surface area contributed by atoms with Gasteiger partial charge in [-0.05, 0) is 23.6 Å². The van der Waals surface area contributed by atoms with Gasteiger partial charge in [0.25, 0.3) is 0 Å². The second-order valence-electron chi connectivity index (χ2n) is 5.46. The lowest BCUT2D eigenvalue weighted by atomic mass is 9.86. The molecule has 1 atom stereocenters. The maximum absolute atomic E-state index is 4.21. The quantitative estimate of drug-likeness (QED) is 0.871. The first-order chi connectivity index (χ1) is 8.52. The fourth-order valence-corrected chi connectivity index (χ4v) is 1.99. The van der Waals surface area contributed by atoms with Gasteiger partial charge in [0.2, 0.25) is 0 Å². The maximum atomic E-state index is 4.21. The third-order valence-corrected chi connectivity index (χ3v) is 3.11. The number of hydrogen-bond acceptors (Lipinski definition) is 3. The number of nitrogens with one attached hydrogen (secondary N) is 2. The molecule has 1 unspecified atom stereocenters. The predicted molar refractivity (Wildman–Crippen MR) is 72.4 cm³/mol. The molecule has 96 valence electrons. The summed E-state index contributed by atoms with van der Waals surface area (Å²) in [5, 5.41) is 10.1. The van der Waals surface area contributed by atoms with Gasteiger partial charge < -0.3 is 5.32 Å². The first kappa shape index (κ1) is 12.8. The Morgan fingerprint density at radius 3 is 2.28 bits per heavy atom. The average Bonchev–Trinajstić information content (AvgIpc) is 2.83. The maximum Gasteiger partial charge on any atom is 0.145 e. The molecule has 4 heteroatoms. The van der Waals surface area contributed by atoms with Crippen LogP contribution in [0.5, 0.6) is 0 Å². The van der Waals surface area contributed by atoms with Crippen molar-refractivity contribution in [1.29, 1.82) is 0 Å². The van der Waals surface area contributed by atoms with Gasteiger partial charge in [0.05, 0.1) is 6.04 Å². The zero-order valence-corrected chi connectivity index (χ0v) is 11.4. The number of hydrogen-bond donors (Lipinski definition) is 2. The smallest absolute Gasteiger partial charge is 0.145 e.